The Bertz CT molecular complexity index is 457. The maximum absolute atomic E-state index is 12.1. The Morgan fingerprint density at radius 1 is 1.33 bits per heavy atom. The minimum Gasteiger partial charge on any atom is -0.486 e. The lowest BCUT2D eigenvalue weighted by atomic mass is 10.1. The van der Waals surface area contributed by atoms with Gasteiger partial charge in [0.2, 0.25) is 0 Å². The van der Waals surface area contributed by atoms with Crippen LogP contribution in [0.4, 0.5) is 0 Å². The van der Waals surface area contributed by atoms with Crippen LogP contribution < -0.4 is 14.8 Å². The first kappa shape index (κ1) is 12.7. The maximum atomic E-state index is 12.1. The molecule has 0 spiro atoms. The van der Waals surface area contributed by atoms with E-state index < -0.39 is 0 Å². The molecule has 4 heteroatoms. The molecule has 0 bridgehead atoms. The molecular formula is C14H19NO3. The highest BCUT2D eigenvalue weighted by Gasteiger charge is 2.18. The molecule has 98 valence electrons. The van der Waals surface area contributed by atoms with Crippen molar-refractivity contribution in [2.24, 2.45) is 0 Å². The van der Waals surface area contributed by atoms with Crippen LogP contribution in [0.25, 0.3) is 0 Å². The molecule has 0 radical (unpaired) electrons. The fourth-order valence-corrected chi connectivity index (χ4v) is 1.84. The van der Waals surface area contributed by atoms with Crippen LogP contribution >= 0.6 is 0 Å². The summed E-state index contributed by atoms with van der Waals surface area (Å²) in [7, 11) is 0. The zero-order valence-electron chi connectivity index (χ0n) is 11.1. The van der Waals surface area contributed by atoms with Gasteiger partial charge in [-0.25, -0.2) is 0 Å². The van der Waals surface area contributed by atoms with E-state index in [2.05, 4.69) is 5.32 Å². The third-order valence-corrected chi connectivity index (χ3v) is 3.12. The predicted octanol–water partition coefficient (Wildman–Crippen LogP) is 2.29. The van der Waals surface area contributed by atoms with Gasteiger partial charge in [0.1, 0.15) is 13.2 Å². The SMILES string of the molecule is CCC(C)NC(=O)c1cc2c(cc1C)OCCO2. The predicted molar refractivity (Wildman–Crippen MR) is 69.4 cm³/mol. The third kappa shape index (κ3) is 2.58. The van der Waals surface area contributed by atoms with E-state index in [1.54, 1.807) is 6.07 Å². The summed E-state index contributed by atoms with van der Waals surface area (Å²) >= 11 is 0. The first-order chi connectivity index (χ1) is 8.61. The number of hydrogen-bond acceptors (Lipinski definition) is 3. The molecule has 0 saturated heterocycles. The molecule has 1 unspecified atom stereocenters. The van der Waals surface area contributed by atoms with Crippen molar-refractivity contribution in [2.45, 2.75) is 33.2 Å². The molecule has 18 heavy (non-hydrogen) atoms. The number of fused-ring (bicyclic) bond motifs is 1. The van der Waals surface area contributed by atoms with Crippen molar-refractivity contribution in [3.05, 3.63) is 23.3 Å². The molecule has 0 fully saturated rings. The van der Waals surface area contributed by atoms with E-state index in [1.807, 2.05) is 26.8 Å². The first-order valence-electron chi connectivity index (χ1n) is 6.33. The monoisotopic (exact) mass is 249 g/mol. The smallest absolute Gasteiger partial charge is 0.251 e. The Balaban J connectivity index is 2.25. The third-order valence-electron chi connectivity index (χ3n) is 3.12. The van der Waals surface area contributed by atoms with Crippen molar-refractivity contribution in [2.75, 3.05) is 13.2 Å². The molecule has 1 aliphatic rings. The van der Waals surface area contributed by atoms with Crippen LogP contribution in [0.2, 0.25) is 0 Å². The molecule has 1 heterocycles. The molecular weight excluding hydrogens is 230 g/mol. The highest BCUT2D eigenvalue weighted by molar-refractivity contribution is 5.96. The first-order valence-corrected chi connectivity index (χ1v) is 6.33. The van der Waals surface area contributed by atoms with Gasteiger partial charge in [-0.3, -0.25) is 4.79 Å². The van der Waals surface area contributed by atoms with Crippen LogP contribution in [0.15, 0.2) is 12.1 Å². The average molecular weight is 249 g/mol. The molecule has 4 nitrogen and oxygen atoms in total. The van der Waals surface area contributed by atoms with Crippen LogP contribution in [0.5, 0.6) is 11.5 Å². The molecule has 2 rings (SSSR count). The number of carbonyl (C=O) groups excluding carboxylic acids is 1. The van der Waals surface area contributed by atoms with Gasteiger partial charge in [-0.05, 0) is 38.0 Å². The van der Waals surface area contributed by atoms with E-state index in [0.29, 0.717) is 24.5 Å². The van der Waals surface area contributed by atoms with Gasteiger partial charge in [-0.2, -0.15) is 0 Å². The Morgan fingerprint density at radius 2 is 1.94 bits per heavy atom. The summed E-state index contributed by atoms with van der Waals surface area (Å²) < 4.78 is 11.0. The Morgan fingerprint density at radius 3 is 2.56 bits per heavy atom. The molecule has 0 saturated carbocycles. The molecule has 0 aromatic heterocycles. The van der Waals surface area contributed by atoms with Crippen molar-refractivity contribution < 1.29 is 14.3 Å². The van der Waals surface area contributed by atoms with Gasteiger partial charge in [0.05, 0.1) is 0 Å². The lowest BCUT2D eigenvalue weighted by Crippen LogP contribution is -2.32. The molecule has 0 aliphatic carbocycles. The maximum Gasteiger partial charge on any atom is 0.251 e. The molecule has 1 aliphatic heterocycles. The minimum atomic E-state index is -0.0566. The van der Waals surface area contributed by atoms with Crippen molar-refractivity contribution in [3.63, 3.8) is 0 Å². The van der Waals surface area contributed by atoms with Crippen LogP contribution in [0, 0.1) is 6.92 Å². The van der Waals surface area contributed by atoms with Crippen molar-refractivity contribution in [1.29, 1.82) is 0 Å². The summed E-state index contributed by atoms with van der Waals surface area (Å²) in [5.41, 5.74) is 1.56. The standard InChI is InChI=1S/C14H19NO3/c1-4-10(3)15-14(16)11-8-13-12(7-9(11)2)17-5-6-18-13/h7-8,10H,4-6H2,1-3H3,(H,15,16). The molecule has 1 atom stereocenters. The van der Waals surface area contributed by atoms with Gasteiger partial charge in [0.25, 0.3) is 5.91 Å². The summed E-state index contributed by atoms with van der Waals surface area (Å²) in [6.07, 6.45) is 0.912. The summed E-state index contributed by atoms with van der Waals surface area (Å²) in [5.74, 6) is 1.32. The Labute approximate surface area is 107 Å². The lowest BCUT2D eigenvalue weighted by molar-refractivity contribution is 0.0937. The highest BCUT2D eigenvalue weighted by atomic mass is 16.6. The number of aryl methyl sites for hydroxylation is 1. The zero-order valence-corrected chi connectivity index (χ0v) is 11.1. The topological polar surface area (TPSA) is 47.6 Å². The van der Waals surface area contributed by atoms with Gasteiger partial charge in [0.15, 0.2) is 11.5 Å². The van der Waals surface area contributed by atoms with E-state index in [0.717, 1.165) is 17.7 Å². The van der Waals surface area contributed by atoms with E-state index in [-0.39, 0.29) is 11.9 Å². The number of ether oxygens (including phenoxy) is 2. The van der Waals surface area contributed by atoms with E-state index in [4.69, 9.17) is 9.47 Å². The van der Waals surface area contributed by atoms with Crippen LogP contribution in [-0.2, 0) is 0 Å². The Kier molecular flexibility index (Phi) is 3.75. The lowest BCUT2D eigenvalue weighted by Gasteiger charge is -2.20. The largest absolute Gasteiger partial charge is 0.486 e. The second kappa shape index (κ2) is 5.29. The summed E-state index contributed by atoms with van der Waals surface area (Å²) in [5, 5.41) is 2.96. The van der Waals surface area contributed by atoms with Gasteiger partial charge >= 0.3 is 0 Å². The number of hydrogen-bond donors (Lipinski definition) is 1. The fourth-order valence-electron chi connectivity index (χ4n) is 1.84. The molecule has 1 amide bonds. The fraction of sp³-hybridized carbons (Fsp3) is 0.500. The molecule has 1 N–H and O–H groups in total. The summed E-state index contributed by atoms with van der Waals surface area (Å²) in [4.78, 5) is 12.1. The minimum absolute atomic E-state index is 0.0566. The van der Waals surface area contributed by atoms with Crippen molar-refractivity contribution in [3.8, 4) is 11.5 Å². The second-order valence-corrected chi connectivity index (χ2v) is 4.59. The number of benzene rings is 1. The van der Waals surface area contributed by atoms with Crippen molar-refractivity contribution in [1.82, 2.24) is 5.32 Å². The average Bonchev–Trinajstić information content (AvgIpc) is 2.37. The number of carbonyl (C=O) groups is 1. The van der Waals surface area contributed by atoms with Crippen LogP contribution in [-0.4, -0.2) is 25.2 Å². The second-order valence-electron chi connectivity index (χ2n) is 4.59. The zero-order chi connectivity index (χ0) is 13.1. The Hall–Kier alpha value is -1.71. The van der Waals surface area contributed by atoms with Crippen molar-refractivity contribution >= 4 is 5.91 Å². The quantitative estimate of drug-likeness (QED) is 0.894. The molecule has 1 aromatic carbocycles. The van der Waals surface area contributed by atoms with Crippen LogP contribution in [0.1, 0.15) is 36.2 Å². The van der Waals surface area contributed by atoms with E-state index in [1.165, 1.54) is 0 Å². The molecule has 1 aromatic rings. The van der Waals surface area contributed by atoms with Gasteiger partial charge < -0.3 is 14.8 Å². The van der Waals surface area contributed by atoms with Gasteiger partial charge in [-0.1, -0.05) is 6.92 Å². The number of rotatable bonds is 3. The summed E-state index contributed by atoms with van der Waals surface area (Å²) in [6.45, 7) is 7.03. The van der Waals surface area contributed by atoms with E-state index >= 15 is 0 Å². The van der Waals surface area contributed by atoms with Gasteiger partial charge in [-0.15, -0.1) is 0 Å². The number of nitrogens with one attached hydrogen (secondary N) is 1. The highest BCUT2D eigenvalue weighted by Crippen LogP contribution is 2.32. The normalized spacial score (nSPS) is 15.1. The van der Waals surface area contributed by atoms with Gasteiger partial charge in [0, 0.05) is 11.6 Å². The van der Waals surface area contributed by atoms with Crippen LogP contribution in [0.3, 0.4) is 0 Å². The number of amides is 1. The van der Waals surface area contributed by atoms with E-state index in [9.17, 15) is 4.79 Å². The summed E-state index contributed by atoms with van der Waals surface area (Å²) in [6, 6.07) is 3.80.